The van der Waals surface area contributed by atoms with E-state index in [1.54, 1.807) is 20.8 Å². The lowest BCUT2D eigenvalue weighted by molar-refractivity contribution is -0.384. The Labute approximate surface area is 169 Å². The molecule has 1 atom stereocenters. The van der Waals surface area contributed by atoms with Crippen molar-refractivity contribution in [3.05, 3.63) is 28.3 Å². The lowest BCUT2D eigenvalue weighted by atomic mass is 10.2. The molecule has 1 unspecified atom stereocenters. The highest BCUT2D eigenvalue weighted by Gasteiger charge is 2.26. The van der Waals surface area contributed by atoms with Gasteiger partial charge in [0.15, 0.2) is 0 Å². The van der Waals surface area contributed by atoms with Gasteiger partial charge in [0, 0.05) is 25.7 Å². The molecule has 0 bridgehead atoms. The van der Waals surface area contributed by atoms with Crippen molar-refractivity contribution in [1.29, 1.82) is 0 Å². The third kappa shape index (κ3) is 7.24. The van der Waals surface area contributed by atoms with E-state index in [1.165, 1.54) is 12.1 Å². The number of sulfonamides is 1. The Hall–Kier alpha value is -2.28. The van der Waals surface area contributed by atoms with Gasteiger partial charge in [0.2, 0.25) is 10.0 Å². The lowest BCUT2D eigenvalue weighted by Crippen LogP contribution is -2.47. The van der Waals surface area contributed by atoms with E-state index in [-0.39, 0.29) is 35.7 Å². The van der Waals surface area contributed by atoms with E-state index >= 15 is 0 Å². The van der Waals surface area contributed by atoms with Crippen LogP contribution in [0.4, 0.5) is 11.4 Å². The summed E-state index contributed by atoms with van der Waals surface area (Å²) in [4.78, 5) is 24.1. The molecule has 2 rings (SSSR count). The molecule has 11 nitrogen and oxygen atoms in total. The number of hydrogen-bond acceptors (Lipinski definition) is 9. The zero-order valence-corrected chi connectivity index (χ0v) is 17.4. The maximum atomic E-state index is 12.0. The van der Waals surface area contributed by atoms with Crippen molar-refractivity contribution in [3.8, 4) is 0 Å². The molecule has 0 spiro atoms. The van der Waals surface area contributed by atoms with E-state index in [0.717, 1.165) is 6.07 Å². The maximum Gasteiger partial charge on any atom is 0.320 e. The molecule has 1 saturated heterocycles. The largest absolute Gasteiger partial charge is 0.459 e. The van der Waals surface area contributed by atoms with Crippen LogP contribution in [0.5, 0.6) is 0 Å². The minimum atomic E-state index is -4.05. The van der Waals surface area contributed by atoms with Crippen LogP contribution in [-0.4, -0.2) is 68.7 Å². The van der Waals surface area contributed by atoms with Crippen LogP contribution in [0.1, 0.15) is 20.8 Å². The van der Waals surface area contributed by atoms with E-state index in [0.29, 0.717) is 19.7 Å². The fourth-order valence-corrected chi connectivity index (χ4v) is 3.35. The van der Waals surface area contributed by atoms with E-state index in [9.17, 15) is 23.3 Å². The van der Waals surface area contributed by atoms with Gasteiger partial charge in [-0.1, -0.05) is 0 Å². The number of carbonyl (C=O) groups excluding carboxylic acids is 1. The second-order valence-electron chi connectivity index (χ2n) is 7.68. The van der Waals surface area contributed by atoms with Crippen molar-refractivity contribution < 1.29 is 27.6 Å². The van der Waals surface area contributed by atoms with Crippen LogP contribution in [0.2, 0.25) is 0 Å². The topological polar surface area (TPSA) is 154 Å². The highest BCUT2D eigenvalue weighted by Crippen LogP contribution is 2.27. The second-order valence-corrected chi connectivity index (χ2v) is 9.24. The molecule has 1 aromatic carbocycles. The van der Waals surface area contributed by atoms with Crippen molar-refractivity contribution >= 4 is 27.4 Å². The quantitative estimate of drug-likeness (QED) is 0.361. The number of rotatable bonds is 7. The number of nitro benzene ring substituents is 1. The van der Waals surface area contributed by atoms with Crippen molar-refractivity contribution in [2.24, 2.45) is 5.14 Å². The predicted molar refractivity (Wildman–Crippen MR) is 105 cm³/mol. The summed E-state index contributed by atoms with van der Waals surface area (Å²) in [6.07, 6.45) is -0.316. The molecule has 3 N–H and O–H groups in total. The summed E-state index contributed by atoms with van der Waals surface area (Å²) in [7, 11) is -4.05. The number of carbonyl (C=O) groups is 1. The Morgan fingerprint density at radius 1 is 1.45 bits per heavy atom. The Kier molecular flexibility index (Phi) is 7.16. The predicted octanol–water partition coefficient (Wildman–Crippen LogP) is 0.697. The number of hydrogen-bond donors (Lipinski definition) is 2. The van der Waals surface area contributed by atoms with E-state index in [1.807, 2.05) is 4.90 Å². The Morgan fingerprint density at radius 2 is 2.14 bits per heavy atom. The minimum Gasteiger partial charge on any atom is -0.459 e. The summed E-state index contributed by atoms with van der Waals surface area (Å²) in [5, 5.41) is 19.2. The number of ether oxygens (including phenoxy) is 2. The highest BCUT2D eigenvalue weighted by molar-refractivity contribution is 7.89. The van der Waals surface area contributed by atoms with Crippen LogP contribution in [0.25, 0.3) is 0 Å². The van der Waals surface area contributed by atoms with E-state index < -0.39 is 26.2 Å². The molecule has 1 aliphatic rings. The molecule has 162 valence electrons. The van der Waals surface area contributed by atoms with Gasteiger partial charge in [-0.05, 0) is 32.9 Å². The fraction of sp³-hybridized carbons (Fsp3) is 0.588. The molecule has 0 aromatic heterocycles. The zero-order chi connectivity index (χ0) is 21.8. The van der Waals surface area contributed by atoms with Crippen LogP contribution < -0.4 is 10.5 Å². The number of nitro groups is 1. The summed E-state index contributed by atoms with van der Waals surface area (Å²) in [6, 6.07) is 3.40. The van der Waals surface area contributed by atoms with Crippen LogP contribution in [-0.2, 0) is 24.3 Å². The average Bonchev–Trinajstić information content (AvgIpc) is 2.57. The number of nitrogens with zero attached hydrogens (tertiary/aromatic N) is 2. The highest BCUT2D eigenvalue weighted by atomic mass is 32.2. The molecule has 12 heteroatoms. The van der Waals surface area contributed by atoms with Gasteiger partial charge in [-0.3, -0.25) is 19.8 Å². The summed E-state index contributed by atoms with van der Waals surface area (Å²) < 4.78 is 33.8. The third-order valence-corrected chi connectivity index (χ3v) is 4.92. The maximum absolute atomic E-state index is 12.0. The van der Waals surface area contributed by atoms with Crippen LogP contribution in [0.3, 0.4) is 0 Å². The molecule has 1 aliphatic heterocycles. The number of nitrogens with two attached hydrogens (primary N) is 1. The van der Waals surface area contributed by atoms with Crippen LogP contribution in [0, 0.1) is 10.1 Å². The monoisotopic (exact) mass is 430 g/mol. The van der Waals surface area contributed by atoms with Crippen molar-refractivity contribution in [3.63, 3.8) is 0 Å². The van der Waals surface area contributed by atoms with E-state index in [4.69, 9.17) is 14.6 Å². The van der Waals surface area contributed by atoms with E-state index in [2.05, 4.69) is 5.32 Å². The fourth-order valence-electron chi connectivity index (χ4n) is 2.82. The SMILES string of the molecule is CC(C)(C)OC(=O)CN1CCOC(CNc2ccc(S(N)(=O)=O)cc2[N+](=O)[O-])C1. The molecule has 0 aliphatic carbocycles. The van der Waals surface area contributed by atoms with Gasteiger partial charge in [-0.2, -0.15) is 0 Å². The van der Waals surface area contributed by atoms with Gasteiger partial charge >= 0.3 is 5.97 Å². The number of benzene rings is 1. The standard InChI is InChI=1S/C17H26N4O7S/c1-17(2,3)28-16(22)11-20-6-7-27-12(10-20)9-19-14-5-4-13(29(18,25)26)8-15(14)21(23)24/h4-5,8,12,19H,6-7,9-11H2,1-3H3,(H2,18,25,26). The summed E-state index contributed by atoms with van der Waals surface area (Å²) >= 11 is 0. The van der Waals surface area contributed by atoms with Gasteiger partial charge in [0.05, 0.1) is 29.1 Å². The van der Waals surface area contributed by atoms with Gasteiger partial charge in [0.25, 0.3) is 5.69 Å². The molecule has 0 amide bonds. The molecular formula is C17H26N4O7S. The summed E-state index contributed by atoms with van der Waals surface area (Å²) in [5.74, 6) is -0.333. The Bertz CT molecular complexity index is 867. The van der Waals surface area contributed by atoms with Gasteiger partial charge in [-0.25, -0.2) is 13.6 Å². The zero-order valence-electron chi connectivity index (χ0n) is 16.6. The molecule has 1 aromatic rings. The number of nitrogens with one attached hydrogen (secondary N) is 1. The number of primary sulfonamides is 1. The first-order chi connectivity index (χ1) is 13.3. The lowest BCUT2D eigenvalue weighted by Gasteiger charge is -2.33. The van der Waals surface area contributed by atoms with Crippen molar-refractivity contribution in [2.75, 3.05) is 38.1 Å². The van der Waals surface area contributed by atoms with Crippen LogP contribution in [0.15, 0.2) is 23.1 Å². The van der Waals surface area contributed by atoms with Gasteiger partial charge < -0.3 is 14.8 Å². The molecule has 0 radical (unpaired) electrons. The molecule has 29 heavy (non-hydrogen) atoms. The second kappa shape index (κ2) is 9.03. The normalized spacial score (nSPS) is 18.3. The van der Waals surface area contributed by atoms with Crippen molar-refractivity contribution in [1.82, 2.24) is 4.90 Å². The minimum absolute atomic E-state index is 0.125. The first-order valence-electron chi connectivity index (χ1n) is 8.96. The summed E-state index contributed by atoms with van der Waals surface area (Å²) in [5.41, 5.74) is -0.819. The Morgan fingerprint density at radius 3 is 2.72 bits per heavy atom. The van der Waals surface area contributed by atoms with Crippen LogP contribution >= 0.6 is 0 Å². The number of anilines is 1. The first kappa shape index (κ1) is 23.0. The summed E-state index contributed by atoms with van der Waals surface area (Å²) in [6.45, 7) is 7.16. The first-order valence-corrected chi connectivity index (χ1v) is 10.5. The van der Waals surface area contributed by atoms with Crippen molar-refractivity contribution in [2.45, 2.75) is 37.4 Å². The molecule has 0 saturated carbocycles. The van der Waals surface area contributed by atoms with Gasteiger partial charge in [0.1, 0.15) is 11.3 Å². The van der Waals surface area contributed by atoms with Gasteiger partial charge in [-0.15, -0.1) is 0 Å². The molecule has 1 fully saturated rings. The Balaban J connectivity index is 1.99. The third-order valence-electron chi connectivity index (χ3n) is 4.01. The molecular weight excluding hydrogens is 404 g/mol. The average molecular weight is 430 g/mol. The number of esters is 1. The molecule has 1 heterocycles. The smallest absolute Gasteiger partial charge is 0.320 e. The number of morpholine rings is 1.